The maximum Gasteiger partial charge on any atom is 0.191 e. The van der Waals surface area contributed by atoms with Crippen LogP contribution in [0.4, 0.5) is 0 Å². The zero-order valence-corrected chi connectivity index (χ0v) is 15.1. The van der Waals surface area contributed by atoms with Crippen LogP contribution < -0.4 is 0 Å². The van der Waals surface area contributed by atoms with Crippen molar-refractivity contribution < 1.29 is 0 Å². The zero-order chi connectivity index (χ0) is 17.2. The minimum absolute atomic E-state index is 0.724. The zero-order valence-electron chi connectivity index (χ0n) is 13.6. The van der Waals surface area contributed by atoms with Gasteiger partial charge in [0.05, 0.1) is 5.52 Å². The average Bonchev–Trinajstić information content (AvgIpc) is 3.03. The summed E-state index contributed by atoms with van der Waals surface area (Å²) in [4.78, 5) is 4.49. The second kappa shape index (κ2) is 6.86. The Bertz CT molecular complexity index is 1030. The molecule has 2 aromatic carbocycles. The van der Waals surface area contributed by atoms with E-state index in [1.165, 1.54) is 0 Å². The van der Waals surface area contributed by atoms with Gasteiger partial charge in [0, 0.05) is 35.0 Å². The van der Waals surface area contributed by atoms with E-state index in [1.807, 2.05) is 66.2 Å². The molecule has 25 heavy (non-hydrogen) atoms. The fourth-order valence-corrected chi connectivity index (χ4v) is 3.85. The predicted octanol–water partition coefficient (Wildman–Crippen LogP) is 4.98. The Morgan fingerprint density at radius 3 is 2.68 bits per heavy atom. The van der Waals surface area contributed by atoms with Crippen LogP contribution in [0.5, 0.6) is 0 Å². The van der Waals surface area contributed by atoms with Gasteiger partial charge in [0.25, 0.3) is 0 Å². The predicted molar refractivity (Wildman–Crippen MR) is 103 cm³/mol. The van der Waals surface area contributed by atoms with Gasteiger partial charge in [0.2, 0.25) is 0 Å². The minimum atomic E-state index is 0.724. The number of benzene rings is 2. The minimum Gasteiger partial charge on any atom is -0.305 e. The summed E-state index contributed by atoms with van der Waals surface area (Å²) in [7, 11) is 1.99. The van der Waals surface area contributed by atoms with E-state index >= 15 is 0 Å². The van der Waals surface area contributed by atoms with Crippen molar-refractivity contribution in [3.05, 3.63) is 71.4 Å². The second-order valence-electron chi connectivity index (χ2n) is 5.63. The summed E-state index contributed by atoms with van der Waals surface area (Å²) in [5.41, 5.74) is 3.13. The van der Waals surface area contributed by atoms with Crippen LogP contribution in [0.3, 0.4) is 0 Å². The van der Waals surface area contributed by atoms with Crippen molar-refractivity contribution >= 4 is 34.3 Å². The van der Waals surface area contributed by atoms with Crippen LogP contribution in [0, 0.1) is 0 Å². The average molecular weight is 367 g/mol. The monoisotopic (exact) mass is 366 g/mol. The van der Waals surface area contributed by atoms with Crippen LogP contribution in [0.1, 0.15) is 5.56 Å². The van der Waals surface area contributed by atoms with Crippen molar-refractivity contribution in [1.82, 2.24) is 19.7 Å². The maximum atomic E-state index is 6.27. The van der Waals surface area contributed by atoms with Crippen molar-refractivity contribution in [3.63, 3.8) is 0 Å². The summed E-state index contributed by atoms with van der Waals surface area (Å²) in [5, 5.41) is 11.2. The highest BCUT2D eigenvalue weighted by Gasteiger charge is 2.12. The van der Waals surface area contributed by atoms with Gasteiger partial charge in [0.1, 0.15) is 0 Å². The van der Waals surface area contributed by atoms with E-state index in [1.54, 1.807) is 18.0 Å². The molecule has 2 aromatic heterocycles. The van der Waals surface area contributed by atoms with Crippen molar-refractivity contribution in [2.24, 2.45) is 7.05 Å². The first kappa shape index (κ1) is 16.1. The number of pyridine rings is 1. The molecule has 0 atom stereocenters. The number of halogens is 1. The summed E-state index contributed by atoms with van der Waals surface area (Å²) >= 11 is 7.91. The van der Waals surface area contributed by atoms with Crippen molar-refractivity contribution in [3.8, 4) is 11.4 Å². The molecule has 0 amide bonds. The molecule has 0 saturated heterocycles. The van der Waals surface area contributed by atoms with Crippen LogP contribution >= 0.6 is 23.4 Å². The van der Waals surface area contributed by atoms with Gasteiger partial charge in [-0.1, -0.05) is 59.8 Å². The third kappa shape index (κ3) is 3.13. The standard InChI is InChI=1S/C19H15ClN4S/c1-24-18(13-6-3-2-4-7-13)22-23-19(24)25-12-14-9-10-16(20)15-8-5-11-21-17(14)15/h2-11H,12H2,1H3. The van der Waals surface area contributed by atoms with Crippen LogP contribution in [0.15, 0.2) is 66.0 Å². The van der Waals surface area contributed by atoms with Gasteiger partial charge in [-0.25, -0.2) is 0 Å². The summed E-state index contributed by atoms with van der Waals surface area (Å²) in [5.74, 6) is 1.62. The van der Waals surface area contributed by atoms with Crippen LogP contribution in [0.2, 0.25) is 5.02 Å². The Balaban J connectivity index is 1.61. The Morgan fingerprint density at radius 2 is 1.84 bits per heavy atom. The van der Waals surface area contributed by atoms with Gasteiger partial charge in [-0.15, -0.1) is 10.2 Å². The Labute approximate surface area is 154 Å². The van der Waals surface area contributed by atoms with E-state index in [-0.39, 0.29) is 0 Å². The number of rotatable bonds is 4. The van der Waals surface area contributed by atoms with E-state index in [9.17, 15) is 0 Å². The van der Waals surface area contributed by atoms with Gasteiger partial charge in [-0.2, -0.15) is 0 Å². The third-order valence-electron chi connectivity index (χ3n) is 4.02. The van der Waals surface area contributed by atoms with E-state index in [4.69, 9.17) is 11.6 Å². The first-order valence-electron chi connectivity index (χ1n) is 7.84. The lowest BCUT2D eigenvalue weighted by molar-refractivity contribution is 0.794. The highest BCUT2D eigenvalue weighted by Crippen LogP contribution is 2.30. The molecule has 4 aromatic rings. The molecule has 6 heteroatoms. The summed E-state index contributed by atoms with van der Waals surface area (Å²) < 4.78 is 2.02. The van der Waals surface area contributed by atoms with Crippen LogP contribution in [-0.2, 0) is 12.8 Å². The molecule has 0 bridgehead atoms. The Kier molecular flexibility index (Phi) is 4.42. The summed E-state index contributed by atoms with van der Waals surface area (Å²) in [6.45, 7) is 0. The van der Waals surface area contributed by atoms with Gasteiger partial charge in [0.15, 0.2) is 11.0 Å². The number of fused-ring (bicyclic) bond motifs is 1. The van der Waals surface area contributed by atoms with E-state index in [2.05, 4.69) is 15.2 Å². The number of aromatic nitrogens is 4. The number of hydrogen-bond acceptors (Lipinski definition) is 4. The number of nitrogens with zero attached hydrogens (tertiary/aromatic N) is 4. The largest absolute Gasteiger partial charge is 0.305 e. The highest BCUT2D eigenvalue weighted by molar-refractivity contribution is 7.98. The number of hydrogen-bond donors (Lipinski definition) is 0. The van der Waals surface area contributed by atoms with Crippen LogP contribution in [-0.4, -0.2) is 19.7 Å². The molecule has 0 aliphatic carbocycles. The molecule has 4 rings (SSSR count). The van der Waals surface area contributed by atoms with Crippen LogP contribution in [0.25, 0.3) is 22.3 Å². The van der Waals surface area contributed by atoms with Gasteiger partial charge in [-0.3, -0.25) is 4.98 Å². The normalized spacial score (nSPS) is 11.1. The van der Waals surface area contributed by atoms with E-state index < -0.39 is 0 Å². The third-order valence-corrected chi connectivity index (χ3v) is 5.42. The fourth-order valence-electron chi connectivity index (χ4n) is 2.73. The lowest BCUT2D eigenvalue weighted by Gasteiger charge is -2.07. The van der Waals surface area contributed by atoms with Crippen molar-refractivity contribution in [2.75, 3.05) is 0 Å². The van der Waals surface area contributed by atoms with Crippen molar-refractivity contribution in [1.29, 1.82) is 0 Å². The highest BCUT2D eigenvalue weighted by atomic mass is 35.5. The molecule has 2 heterocycles. The molecule has 124 valence electrons. The van der Waals surface area contributed by atoms with E-state index in [0.717, 1.165) is 43.8 Å². The molecule has 0 fully saturated rings. The quantitative estimate of drug-likeness (QED) is 0.478. The second-order valence-corrected chi connectivity index (χ2v) is 6.98. The summed E-state index contributed by atoms with van der Waals surface area (Å²) in [6, 6.07) is 17.9. The first-order valence-corrected chi connectivity index (χ1v) is 9.20. The SMILES string of the molecule is Cn1c(SCc2ccc(Cl)c3cccnc23)nnc1-c1ccccc1. The molecular formula is C19H15ClN4S. The van der Waals surface area contributed by atoms with Gasteiger partial charge >= 0.3 is 0 Å². The molecule has 0 spiro atoms. The molecule has 4 nitrogen and oxygen atoms in total. The fraction of sp³-hybridized carbons (Fsp3) is 0.105. The molecule has 0 radical (unpaired) electrons. The lowest BCUT2D eigenvalue weighted by atomic mass is 10.1. The Hall–Kier alpha value is -2.37. The Morgan fingerprint density at radius 1 is 1.00 bits per heavy atom. The molecular weight excluding hydrogens is 352 g/mol. The van der Waals surface area contributed by atoms with Crippen molar-refractivity contribution in [2.45, 2.75) is 10.9 Å². The summed E-state index contributed by atoms with van der Waals surface area (Å²) in [6.07, 6.45) is 1.79. The molecule has 0 unspecified atom stereocenters. The molecule has 0 aliphatic heterocycles. The molecule has 0 N–H and O–H groups in total. The van der Waals surface area contributed by atoms with E-state index in [0.29, 0.717) is 0 Å². The lowest BCUT2D eigenvalue weighted by Crippen LogP contribution is -1.95. The smallest absolute Gasteiger partial charge is 0.191 e. The topological polar surface area (TPSA) is 43.6 Å². The molecule has 0 saturated carbocycles. The van der Waals surface area contributed by atoms with Gasteiger partial charge < -0.3 is 4.57 Å². The first-order chi connectivity index (χ1) is 12.2. The van der Waals surface area contributed by atoms with Gasteiger partial charge in [-0.05, 0) is 23.8 Å². The maximum absolute atomic E-state index is 6.27. The molecule has 0 aliphatic rings. The number of thioether (sulfide) groups is 1.